The van der Waals surface area contributed by atoms with Gasteiger partial charge in [0.25, 0.3) is 0 Å². The van der Waals surface area contributed by atoms with E-state index in [4.69, 9.17) is 0 Å². The lowest BCUT2D eigenvalue weighted by Crippen LogP contribution is -2.46. The Kier molecular flexibility index (Phi) is 5.07. The van der Waals surface area contributed by atoms with Gasteiger partial charge in [-0.1, -0.05) is 0 Å². The quantitative estimate of drug-likeness (QED) is 0.773. The molecule has 2 atom stereocenters. The summed E-state index contributed by atoms with van der Waals surface area (Å²) < 4.78 is 52.2. The molecule has 2 N–H and O–H groups in total. The number of sulfone groups is 1. The van der Waals surface area contributed by atoms with E-state index in [0.717, 1.165) is 0 Å². The first-order chi connectivity index (χ1) is 13.3. The van der Waals surface area contributed by atoms with Crippen molar-refractivity contribution in [1.29, 1.82) is 0 Å². The van der Waals surface area contributed by atoms with Crippen molar-refractivity contribution in [2.75, 3.05) is 36.1 Å². The number of aliphatic hydroxyl groups excluding tert-OH is 1. The number of nitrogens with zero attached hydrogens (tertiary/aromatic N) is 1. The zero-order valence-electron chi connectivity index (χ0n) is 15.4. The van der Waals surface area contributed by atoms with E-state index >= 15 is 0 Å². The number of nitrogens with one attached hydrogen (secondary N) is 1. The van der Waals surface area contributed by atoms with Crippen LogP contribution in [0.15, 0.2) is 12.1 Å². The standard InChI is InChI=1S/C19H24F2N2O4S/c20-16-5-12(15-7-14(8-24)22-19(15)25)6-17(21)18(16)23-3-1-11(2-4-23)13-9-28(26,27)10-13/h5-6,11,13-15,24H,1-4,7-10H2,(H,22,25)/t14?,15-/m1/s1. The number of rotatable bonds is 4. The third-order valence-electron chi connectivity index (χ3n) is 6.30. The van der Waals surface area contributed by atoms with Crippen molar-refractivity contribution in [3.05, 3.63) is 29.3 Å². The first-order valence-electron chi connectivity index (χ1n) is 9.63. The summed E-state index contributed by atoms with van der Waals surface area (Å²) in [4.78, 5) is 13.7. The predicted octanol–water partition coefficient (Wildman–Crippen LogP) is 1.19. The zero-order chi connectivity index (χ0) is 20.1. The Balaban J connectivity index is 1.45. The molecule has 0 radical (unpaired) electrons. The number of carbonyl (C=O) groups excluding carboxylic acids is 1. The molecule has 3 fully saturated rings. The smallest absolute Gasteiger partial charge is 0.227 e. The fraction of sp³-hybridized carbons (Fsp3) is 0.632. The summed E-state index contributed by atoms with van der Waals surface area (Å²) in [5, 5.41) is 11.8. The minimum atomic E-state index is -2.86. The van der Waals surface area contributed by atoms with Crippen molar-refractivity contribution in [2.24, 2.45) is 11.8 Å². The highest BCUT2D eigenvalue weighted by Crippen LogP contribution is 2.37. The number of piperidine rings is 1. The van der Waals surface area contributed by atoms with Crippen LogP contribution in [-0.2, 0) is 14.6 Å². The van der Waals surface area contributed by atoms with Crippen LogP contribution in [0.4, 0.5) is 14.5 Å². The zero-order valence-corrected chi connectivity index (χ0v) is 16.2. The molecule has 1 amide bonds. The van der Waals surface area contributed by atoms with Gasteiger partial charge in [-0.25, -0.2) is 17.2 Å². The van der Waals surface area contributed by atoms with Gasteiger partial charge in [-0.2, -0.15) is 0 Å². The van der Waals surface area contributed by atoms with Crippen molar-refractivity contribution in [3.63, 3.8) is 0 Å². The molecule has 1 aromatic rings. The largest absolute Gasteiger partial charge is 0.394 e. The molecule has 3 aliphatic rings. The first-order valence-corrected chi connectivity index (χ1v) is 11.4. The van der Waals surface area contributed by atoms with Crippen LogP contribution in [0.3, 0.4) is 0 Å². The number of halogens is 2. The Hall–Kier alpha value is -1.74. The van der Waals surface area contributed by atoms with Crippen LogP contribution in [0, 0.1) is 23.5 Å². The second-order valence-electron chi connectivity index (χ2n) is 8.17. The van der Waals surface area contributed by atoms with Crippen LogP contribution in [0.2, 0.25) is 0 Å². The monoisotopic (exact) mass is 414 g/mol. The summed E-state index contributed by atoms with van der Waals surface area (Å²) in [6.07, 6.45) is 1.73. The molecular formula is C19H24F2N2O4S. The molecule has 28 heavy (non-hydrogen) atoms. The molecule has 3 heterocycles. The van der Waals surface area contributed by atoms with E-state index in [1.807, 2.05) is 0 Å². The minimum Gasteiger partial charge on any atom is -0.394 e. The van der Waals surface area contributed by atoms with E-state index < -0.39 is 33.4 Å². The Morgan fingerprint density at radius 3 is 2.21 bits per heavy atom. The molecule has 4 rings (SSSR count). The molecule has 0 aromatic heterocycles. The van der Waals surface area contributed by atoms with Crippen LogP contribution < -0.4 is 10.2 Å². The van der Waals surface area contributed by atoms with E-state index in [1.165, 1.54) is 12.1 Å². The molecule has 0 spiro atoms. The Bertz CT molecular complexity index is 849. The molecule has 0 saturated carbocycles. The lowest BCUT2D eigenvalue weighted by atomic mass is 9.85. The summed E-state index contributed by atoms with van der Waals surface area (Å²) in [7, 11) is -2.86. The van der Waals surface area contributed by atoms with Crippen LogP contribution in [0.5, 0.6) is 0 Å². The number of anilines is 1. The lowest BCUT2D eigenvalue weighted by molar-refractivity contribution is -0.120. The first kappa shape index (κ1) is 19.6. The van der Waals surface area contributed by atoms with Gasteiger partial charge in [-0.3, -0.25) is 4.79 Å². The molecule has 6 nitrogen and oxygen atoms in total. The highest BCUT2D eigenvalue weighted by atomic mass is 32.2. The summed E-state index contributed by atoms with van der Waals surface area (Å²) in [5.74, 6) is -1.48. The lowest BCUT2D eigenvalue weighted by Gasteiger charge is -2.40. The average Bonchev–Trinajstić information content (AvgIpc) is 3.00. The number of benzene rings is 1. The van der Waals surface area contributed by atoms with Gasteiger partial charge < -0.3 is 15.3 Å². The second kappa shape index (κ2) is 7.26. The molecule has 3 saturated heterocycles. The van der Waals surface area contributed by atoms with Crippen LogP contribution in [0.1, 0.15) is 30.7 Å². The summed E-state index contributed by atoms with van der Waals surface area (Å²) in [5.41, 5.74) is 0.197. The van der Waals surface area contributed by atoms with E-state index in [2.05, 4.69) is 5.32 Å². The van der Waals surface area contributed by atoms with Crippen LogP contribution in [-0.4, -0.2) is 56.7 Å². The SMILES string of the molecule is O=C1NC(CO)C[C@@H]1c1cc(F)c(N2CCC(C3CS(=O)(=O)C3)CC2)c(F)c1. The van der Waals surface area contributed by atoms with Gasteiger partial charge in [-0.15, -0.1) is 0 Å². The molecule has 9 heteroatoms. The summed E-state index contributed by atoms with van der Waals surface area (Å²) in [6, 6.07) is 2.04. The Morgan fingerprint density at radius 1 is 1.11 bits per heavy atom. The maximum atomic E-state index is 14.7. The van der Waals surface area contributed by atoms with Gasteiger partial charge in [0, 0.05) is 13.1 Å². The van der Waals surface area contributed by atoms with Crippen molar-refractivity contribution < 1.29 is 27.1 Å². The van der Waals surface area contributed by atoms with Crippen molar-refractivity contribution in [2.45, 2.75) is 31.2 Å². The highest BCUT2D eigenvalue weighted by molar-refractivity contribution is 7.92. The third kappa shape index (κ3) is 3.61. The van der Waals surface area contributed by atoms with E-state index in [1.54, 1.807) is 4.90 Å². The van der Waals surface area contributed by atoms with E-state index in [0.29, 0.717) is 32.4 Å². The van der Waals surface area contributed by atoms with Gasteiger partial charge in [-0.05, 0) is 48.8 Å². The topological polar surface area (TPSA) is 86.7 Å². The Labute approximate surface area is 162 Å². The van der Waals surface area contributed by atoms with Gasteiger partial charge in [0.1, 0.15) is 17.3 Å². The molecular weight excluding hydrogens is 390 g/mol. The predicted molar refractivity (Wildman–Crippen MR) is 99.8 cm³/mol. The van der Waals surface area contributed by atoms with Gasteiger partial charge in [0.2, 0.25) is 5.91 Å². The molecule has 1 unspecified atom stereocenters. The van der Waals surface area contributed by atoms with Gasteiger partial charge >= 0.3 is 0 Å². The summed E-state index contributed by atoms with van der Waals surface area (Å²) >= 11 is 0. The van der Waals surface area contributed by atoms with Gasteiger partial charge in [0.05, 0.1) is 30.1 Å². The minimum absolute atomic E-state index is 0.0828. The number of carbonyl (C=O) groups is 1. The average molecular weight is 414 g/mol. The fourth-order valence-electron chi connectivity index (χ4n) is 4.72. The van der Waals surface area contributed by atoms with Crippen LogP contribution in [0.25, 0.3) is 0 Å². The third-order valence-corrected chi connectivity index (χ3v) is 8.18. The fourth-order valence-corrected chi connectivity index (χ4v) is 6.47. The second-order valence-corrected chi connectivity index (χ2v) is 10.3. The molecule has 154 valence electrons. The number of amides is 1. The highest BCUT2D eigenvalue weighted by Gasteiger charge is 2.40. The molecule has 0 aliphatic carbocycles. The number of hydrogen-bond donors (Lipinski definition) is 2. The van der Waals surface area contributed by atoms with Crippen molar-refractivity contribution in [3.8, 4) is 0 Å². The van der Waals surface area contributed by atoms with E-state index in [-0.39, 0.29) is 47.1 Å². The maximum absolute atomic E-state index is 14.7. The normalized spacial score (nSPS) is 28.2. The number of aliphatic hydroxyl groups is 1. The Morgan fingerprint density at radius 2 is 1.71 bits per heavy atom. The van der Waals surface area contributed by atoms with Gasteiger partial charge in [0.15, 0.2) is 9.84 Å². The molecule has 1 aromatic carbocycles. The van der Waals surface area contributed by atoms with Crippen molar-refractivity contribution >= 4 is 21.4 Å². The summed E-state index contributed by atoms with van der Waals surface area (Å²) in [6.45, 7) is 0.748. The number of hydrogen-bond acceptors (Lipinski definition) is 5. The maximum Gasteiger partial charge on any atom is 0.227 e. The molecule has 3 aliphatic heterocycles. The van der Waals surface area contributed by atoms with Crippen LogP contribution >= 0.6 is 0 Å². The molecule has 0 bridgehead atoms. The van der Waals surface area contributed by atoms with E-state index in [9.17, 15) is 27.1 Å². The van der Waals surface area contributed by atoms with Crippen molar-refractivity contribution in [1.82, 2.24) is 5.32 Å².